The van der Waals surface area contributed by atoms with Crippen LogP contribution >= 0.6 is 0 Å². The average molecular weight is 379 g/mol. The van der Waals surface area contributed by atoms with E-state index >= 15 is 0 Å². The third-order valence-corrected chi connectivity index (χ3v) is 6.25. The summed E-state index contributed by atoms with van der Waals surface area (Å²) in [5.74, 6) is 0.175. The van der Waals surface area contributed by atoms with Crippen LogP contribution in [0.5, 0.6) is 0 Å². The quantitative estimate of drug-likeness (QED) is 0.814. The number of anilines is 1. The zero-order valence-electron chi connectivity index (χ0n) is 17.1. The molecule has 0 bridgehead atoms. The van der Waals surface area contributed by atoms with Gasteiger partial charge in [-0.25, -0.2) is 0 Å². The van der Waals surface area contributed by atoms with Crippen LogP contribution in [0.1, 0.15) is 38.3 Å². The monoisotopic (exact) mass is 378 g/mol. The van der Waals surface area contributed by atoms with E-state index in [1.807, 2.05) is 11.0 Å². The van der Waals surface area contributed by atoms with Gasteiger partial charge in [0.15, 0.2) is 0 Å². The van der Waals surface area contributed by atoms with Crippen LogP contribution in [-0.4, -0.2) is 49.2 Å². The molecule has 1 unspecified atom stereocenters. The molecule has 0 radical (unpaired) electrons. The average Bonchev–Trinajstić information content (AvgIpc) is 2.69. The lowest BCUT2D eigenvalue weighted by Crippen LogP contribution is -2.58. The van der Waals surface area contributed by atoms with Gasteiger partial charge in [-0.1, -0.05) is 55.5 Å². The standard InChI is InChI=1S/C24H30N2O2/c1-23(2)18-24(3,19-9-5-4-6-10-19)20-11-7-8-12-21(20)26(23)22(27)17-25-13-15-28-16-14-25/h4-12H,13-18H2,1-3H3. The van der Waals surface area contributed by atoms with Crippen LogP contribution in [0.15, 0.2) is 54.6 Å². The molecular formula is C24H30N2O2. The first kappa shape index (κ1) is 19.2. The highest BCUT2D eigenvalue weighted by molar-refractivity contribution is 5.98. The van der Waals surface area contributed by atoms with E-state index in [1.165, 1.54) is 11.1 Å². The Kier molecular flexibility index (Phi) is 5.02. The van der Waals surface area contributed by atoms with Crippen molar-refractivity contribution in [2.75, 3.05) is 37.7 Å². The Balaban J connectivity index is 1.73. The summed E-state index contributed by atoms with van der Waals surface area (Å²) in [5, 5.41) is 0. The topological polar surface area (TPSA) is 32.8 Å². The summed E-state index contributed by atoms with van der Waals surface area (Å²) >= 11 is 0. The second-order valence-corrected chi connectivity index (χ2v) is 8.82. The first-order valence-corrected chi connectivity index (χ1v) is 10.2. The molecule has 2 aliphatic rings. The highest BCUT2D eigenvalue weighted by Crippen LogP contribution is 2.50. The van der Waals surface area contributed by atoms with Gasteiger partial charge >= 0.3 is 0 Å². The van der Waals surface area contributed by atoms with Gasteiger partial charge in [0.1, 0.15) is 0 Å². The summed E-state index contributed by atoms with van der Waals surface area (Å²) in [7, 11) is 0. The van der Waals surface area contributed by atoms with Gasteiger partial charge in [-0.3, -0.25) is 9.69 Å². The van der Waals surface area contributed by atoms with E-state index in [9.17, 15) is 4.79 Å². The maximum absolute atomic E-state index is 13.4. The number of ether oxygens (including phenoxy) is 1. The van der Waals surface area contributed by atoms with Crippen molar-refractivity contribution in [1.82, 2.24) is 4.90 Å². The van der Waals surface area contributed by atoms with Gasteiger partial charge in [-0.05, 0) is 37.5 Å². The summed E-state index contributed by atoms with van der Waals surface area (Å²) in [6.45, 7) is 10.2. The number of carbonyl (C=O) groups excluding carboxylic acids is 1. The minimum absolute atomic E-state index is 0.128. The molecule has 4 rings (SSSR count). The molecule has 1 fully saturated rings. The van der Waals surface area contributed by atoms with Crippen molar-refractivity contribution in [2.24, 2.45) is 0 Å². The number of rotatable bonds is 3. The molecule has 28 heavy (non-hydrogen) atoms. The van der Waals surface area contributed by atoms with Crippen LogP contribution < -0.4 is 4.90 Å². The molecule has 148 valence electrons. The number of amides is 1. The molecule has 0 saturated carbocycles. The Morgan fingerprint density at radius 2 is 1.61 bits per heavy atom. The van der Waals surface area contributed by atoms with E-state index in [-0.39, 0.29) is 16.9 Å². The highest BCUT2D eigenvalue weighted by Gasteiger charge is 2.47. The molecule has 4 nitrogen and oxygen atoms in total. The van der Waals surface area contributed by atoms with Crippen molar-refractivity contribution in [3.05, 3.63) is 65.7 Å². The first-order chi connectivity index (χ1) is 13.4. The first-order valence-electron chi connectivity index (χ1n) is 10.2. The molecule has 0 aromatic heterocycles. The van der Waals surface area contributed by atoms with Crippen LogP contribution in [0.25, 0.3) is 0 Å². The molecule has 2 aromatic rings. The van der Waals surface area contributed by atoms with Crippen molar-refractivity contribution in [1.29, 1.82) is 0 Å². The summed E-state index contributed by atoms with van der Waals surface area (Å²) in [6, 6.07) is 19.1. The summed E-state index contributed by atoms with van der Waals surface area (Å²) in [4.78, 5) is 17.7. The molecule has 1 saturated heterocycles. The largest absolute Gasteiger partial charge is 0.379 e. The number of carbonyl (C=O) groups is 1. The van der Waals surface area contributed by atoms with Gasteiger partial charge in [0.2, 0.25) is 5.91 Å². The summed E-state index contributed by atoms with van der Waals surface area (Å²) in [6.07, 6.45) is 0.885. The van der Waals surface area contributed by atoms with E-state index in [0.29, 0.717) is 19.8 Å². The van der Waals surface area contributed by atoms with Gasteiger partial charge in [0, 0.05) is 29.7 Å². The molecule has 2 aromatic carbocycles. The van der Waals surface area contributed by atoms with Gasteiger partial charge in [-0.2, -0.15) is 0 Å². The number of nitrogens with zero attached hydrogens (tertiary/aromatic N) is 2. The van der Waals surface area contributed by atoms with Crippen LogP contribution in [0, 0.1) is 0 Å². The van der Waals surface area contributed by atoms with Gasteiger partial charge in [0.05, 0.1) is 19.8 Å². The van der Waals surface area contributed by atoms with Crippen LogP contribution in [-0.2, 0) is 14.9 Å². The Hall–Kier alpha value is -2.17. The molecule has 0 N–H and O–H groups in total. The zero-order chi connectivity index (χ0) is 19.8. The van der Waals surface area contributed by atoms with Crippen molar-refractivity contribution in [2.45, 2.75) is 38.1 Å². The van der Waals surface area contributed by atoms with Crippen molar-refractivity contribution < 1.29 is 9.53 Å². The van der Waals surface area contributed by atoms with Gasteiger partial charge < -0.3 is 9.64 Å². The van der Waals surface area contributed by atoms with Gasteiger partial charge in [-0.15, -0.1) is 0 Å². The molecule has 2 aliphatic heterocycles. The Morgan fingerprint density at radius 3 is 2.32 bits per heavy atom. The molecule has 1 atom stereocenters. The van der Waals surface area contributed by atoms with Crippen LogP contribution in [0.2, 0.25) is 0 Å². The Bertz CT molecular complexity index is 843. The molecule has 0 aliphatic carbocycles. The fourth-order valence-corrected chi connectivity index (χ4v) is 5.06. The number of para-hydroxylation sites is 1. The lowest BCUT2D eigenvalue weighted by molar-refractivity contribution is -0.122. The molecule has 1 amide bonds. The van der Waals surface area contributed by atoms with Crippen LogP contribution in [0.3, 0.4) is 0 Å². The molecule has 4 heteroatoms. The smallest absolute Gasteiger partial charge is 0.241 e. The predicted octanol–water partition coefficient (Wildman–Crippen LogP) is 3.84. The predicted molar refractivity (Wildman–Crippen MR) is 113 cm³/mol. The summed E-state index contributed by atoms with van der Waals surface area (Å²) in [5.41, 5.74) is 3.18. The van der Waals surface area contributed by atoms with Crippen molar-refractivity contribution in [3.63, 3.8) is 0 Å². The van der Waals surface area contributed by atoms with E-state index in [2.05, 4.69) is 74.2 Å². The normalized spacial score (nSPS) is 24.6. The number of hydrogen-bond acceptors (Lipinski definition) is 3. The lowest BCUT2D eigenvalue weighted by Gasteiger charge is -2.51. The second kappa shape index (κ2) is 7.34. The number of fused-ring (bicyclic) bond motifs is 1. The number of morpholine rings is 1. The Labute approximate surface area is 168 Å². The molecular weight excluding hydrogens is 348 g/mol. The number of hydrogen-bond donors (Lipinski definition) is 0. The fourth-order valence-electron chi connectivity index (χ4n) is 5.06. The third kappa shape index (κ3) is 3.36. The Morgan fingerprint density at radius 1 is 0.964 bits per heavy atom. The van der Waals surface area contributed by atoms with Crippen molar-refractivity contribution >= 4 is 11.6 Å². The number of benzene rings is 2. The second-order valence-electron chi connectivity index (χ2n) is 8.82. The maximum Gasteiger partial charge on any atom is 0.241 e. The van der Waals surface area contributed by atoms with E-state index < -0.39 is 0 Å². The SMILES string of the molecule is CC1(c2ccccc2)CC(C)(C)N(C(=O)CN2CCOCC2)c2ccccc21. The van der Waals surface area contributed by atoms with E-state index in [0.717, 1.165) is 25.2 Å². The molecule has 2 heterocycles. The minimum atomic E-state index is -0.275. The van der Waals surface area contributed by atoms with E-state index in [1.54, 1.807) is 0 Å². The fraction of sp³-hybridized carbons (Fsp3) is 0.458. The minimum Gasteiger partial charge on any atom is -0.379 e. The highest BCUT2D eigenvalue weighted by atomic mass is 16.5. The van der Waals surface area contributed by atoms with E-state index in [4.69, 9.17) is 4.74 Å². The maximum atomic E-state index is 13.4. The van der Waals surface area contributed by atoms with Gasteiger partial charge in [0.25, 0.3) is 0 Å². The third-order valence-electron chi connectivity index (χ3n) is 6.25. The van der Waals surface area contributed by atoms with Crippen LogP contribution in [0.4, 0.5) is 5.69 Å². The lowest BCUT2D eigenvalue weighted by atomic mass is 9.65. The summed E-state index contributed by atoms with van der Waals surface area (Å²) < 4.78 is 5.43. The molecule has 0 spiro atoms. The zero-order valence-corrected chi connectivity index (χ0v) is 17.1. The van der Waals surface area contributed by atoms with Crippen molar-refractivity contribution in [3.8, 4) is 0 Å².